The molecule has 2 heterocycles. The third-order valence-corrected chi connectivity index (χ3v) is 7.19. The van der Waals surface area contributed by atoms with Gasteiger partial charge in [-0.25, -0.2) is 4.98 Å². The van der Waals surface area contributed by atoms with Gasteiger partial charge in [0.2, 0.25) is 0 Å². The maximum Gasteiger partial charge on any atom is 0.251 e. The molecule has 7 heteroatoms. The lowest BCUT2D eigenvalue weighted by Gasteiger charge is -2.10. The predicted octanol–water partition coefficient (Wildman–Crippen LogP) is 5.75. The normalized spacial score (nSPS) is 10.9. The summed E-state index contributed by atoms with van der Waals surface area (Å²) >= 11 is 1.68. The van der Waals surface area contributed by atoms with Gasteiger partial charge in [0.05, 0.1) is 30.9 Å². The summed E-state index contributed by atoms with van der Waals surface area (Å²) in [4.78, 5) is 21.7. The van der Waals surface area contributed by atoms with Crippen LogP contribution in [-0.4, -0.2) is 34.1 Å². The van der Waals surface area contributed by atoms with E-state index in [2.05, 4.69) is 39.1 Å². The molecule has 0 saturated heterocycles. The largest absolute Gasteiger partial charge is 0.497 e. The fourth-order valence-corrected chi connectivity index (χ4v) is 5.06. The average Bonchev–Trinajstić information content (AvgIpc) is 3.30. The molecule has 1 N–H and O–H groups in total. The van der Waals surface area contributed by atoms with Gasteiger partial charge < -0.3 is 14.6 Å². The quantitative estimate of drug-likeness (QED) is 0.243. The second-order valence-corrected chi connectivity index (χ2v) is 9.61. The highest BCUT2D eigenvalue weighted by Crippen LogP contribution is 2.28. The summed E-state index contributed by atoms with van der Waals surface area (Å²) in [6.45, 7) is 1.30. The first-order valence-electron chi connectivity index (χ1n) is 12.2. The van der Waals surface area contributed by atoms with Crippen LogP contribution in [0.2, 0.25) is 0 Å². The van der Waals surface area contributed by atoms with Crippen LogP contribution >= 0.6 is 11.8 Å². The number of hydrogen-bond acceptors (Lipinski definition) is 5. The summed E-state index contributed by atoms with van der Waals surface area (Å²) in [5.41, 5.74) is 6.10. The fourth-order valence-electron chi connectivity index (χ4n) is 4.09. The molecule has 5 aromatic rings. The second kappa shape index (κ2) is 11.8. The number of aromatic nitrogens is 3. The third-order valence-electron chi connectivity index (χ3n) is 6.14. The Labute approximate surface area is 220 Å². The van der Waals surface area contributed by atoms with Crippen molar-refractivity contribution in [2.75, 3.05) is 13.7 Å². The van der Waals surface area contributed by atoms with Crippen LogP contribution in [0, 0.1) is 0 Å². The highest BCUT2D eigenvalue weighted by molar-refractivity contribution is 7.98. The first kappa shape index (κ1) is 24.6. The number of nitrogens with one attached hydrogen (secondary N) is 1. The Morgan fingerprint density at radius 2 is 1.68 bits per heavy atom. The van der Waals surface area contributed by atoms with E-state index in [0.717, 1.165) is 45.2 Å². The van der Waals surface area contributed by atoms with E-state index >= 15 is 0 Å². The number of rotatable bonds is 10. The molecular weight excluding hydrogens is 480 g/mol. The Morgan fingerprint density at radius 1 is 0.919 bits per heavy atom. The number of nitrogens with zero attached hydrogens (tertiary/aromatic N) is 3. The van der Waals surface area contributed by atoms with Crippen LogP contribution in [0.1, 0.15) is 27.0 Å². The van der Waals surface area contributed by atoms with Gasteiger partial charge in [0.1, 0.15) is 5.75 Å². The van der Waals surface area contributed by atoms with Gasteiger partial charge in [-0.05, 0) is 53.4 Å². The molecule has 0 bridgehead atoms. The number of methoxy groups -OCH3 is 1. The van der Waals surface area contributed by atoms with Gasteiger partial charge in [-0.3, -0.25) is 9.78 Å². The first-order valence-corrected chi connectivity index (χ1v) is 13.2. The van der Waals surface area contributed by atoms with Crippen molar-refractivity contribution in [1.82, 2.24) is 19.9 Å². The van der Waals surface area contributed by atoms with Gasteiger partial charge in [0.15, 0.2) is 5.16 Å². The number of ether oxygens (including phenoxy) is 1. The standard InChI is InChI=1S/C30H28N4O2S/c1-36-26-13-9-23(10-14-26)20-34-28-19-31-17-16-27(28)33-30(34)37-21-24-7-11-25(12-8-24)29(35)32-18-15-22-5-3-2-4-6-22/h2-14,16-17,19H,15,18,20-21H2,1H3,(H,32,35). The van der Waals surface area contributed by atoms with Crippen LogP contribution in [0.4, 0.5) is 0 Å². The van der Waals surface area contributed by atoms with E-state index in [1.54, 1.807) is 25.1 Å². The van der Waals surface area contributed by atoms with E-state index in [1.807, 2.05) is 66.9 Å². The smallest absolute Gasteiger partial charge is 0.251 e. The molecule has 0 spiro atoms. The van der Waals surface area contributed by atoms with Crippen molar-refractivity contribution in [2.45, 2.75) is 23.9 Å². The number of imidazole rings is 1. The molecule has 0 fully saturated rings. The van der Waals surface area contributed by atoms with Gasteiger partial charge in [-0.2, -0.15) is 0 Å². The predicted molar refractivity (Wildman–Crippen MR) is 148 cm³/mol. The Balaban J connectivity index is 1.23. The number of hydrogen-bond donors (Lipinski definition) is 1. The summed E-state index contributed by atoms with van der Waals surface area (Å²) in [6, 6.07) is 28.0. The monoisotopic (exact) mass is 508 g/mol. The van der Waals surface area contributed by atoms with Gasteiger partial charge in [0.25, 0.3) is 5.91 Å². The molecule has 3 aromatic carbocycles. The molecule has 0 aliphatic rings. The number of fused-ring (bicyclic) bond motifs is 1. The van der Waals surface area contributed by atoms with Gasteiger partial charge >= 0.3 is 0 Å². The lowest BCUT2D eigenvalue weighted by atomic mass is 10.1. The lowest BCUT2D eigenvalue weighted by molar-refractivity contribution is 0.0954. The minimum absolute atomic E-state index is 0.0519. The van der Waals surface area contributed by atoms with Crippen LogP contribution in [0.15, 0.2) is 102 Å². The molecule has 0 aliphatic heterocycles. The molecule has 0 saturated carbocycles. The number of carbonyl (C=O) groups is 1. The molecule has 2 aromatic heterocycles. The van der Waals surface area contributed by atoms with E-state index in [4.69, 9.17) is 9.72 Å². The lowest BCUT2D eigenvalue weighted by Crippen LogP contribution is -2.25. The van der Waals surface area contributed by atoms with Crippen molar-refractivity contribution in [3.63, 3.8) is 0 Å². The van der Waals surface area contributed by atoms with Crippen molar-refractivity contribution < 1.29 is 9.53 Å². The van der Waals surface area contributed by atoms with Crippen LogP contribution in [-0.2, 0) is 18.7 Å². The molecule has 5 rings (SSSR count). The number of pyridine rings is 1. The highest BCUT2D eigenvalue weighted by atomic mass is 32.2. The summed E-state index contributed by atoms with van der Waals surface area (Å²) in [5.74, 6) is 1.53. The third kappa shape index (κ3) is 6.19. The van der Waals surface area contributed by atoms with E-state index in [0.29, 0.717) is 18.7 Å². The maximum atomic E-state index is 12.5. The Bertz CT molecular complexity index is 1470. The van der Waals surface area contributed by atoms with Crippen LogP contribution < -0.4 is 10.1 Å². The summed E-state index contributed by atoms with van der Waals surface area (Å²) in [7, 11) is 1.67. The molecule has 0 aliphatic carbocycles. The number of thioether (sulfide) groups is 1. The molecule has 0 unspecified atom stereocenters. The summed E-state index contributed by atoms with van der Waals surface area (Å²) in [6.07, 6.45) is 4.45. The van der Waals surface area contributed by atoms with Crippen molar-refractivity contribution in [2.24, 2.45) is 0 Å². The zero-order valence-corrected chi connectivity index (χ0v) is 21.4. The number of benzene rings is 3. The van der Waals surface area contributed by atoms with Crippen molar-refractivity contribution >= 4 is 28.7 Å². The molecular formula is C30H28N4O2S. The minimum Gasteiger partial charge on any atom is -0.497 e. The Kier molecular flexibility index (Phi) is 7.81. The van der Waals surface area contributed by atoms with Gasteiger partial charge in [-0.1, -0.05) is 66.4 Å². The average molecular weight is 509 g/mol. The van der Waals surface area contributed by atoms with Gasteiger partial charge in [-0.15, -0.1) is 0 Å². The summed E-state index contributed by atoms with van der Waals surface area (Å²) < 4.78 is 7.49. The van der Waals surface area contributed by atoms with E-state index < -0.39 is 0 Å². The topological polar surface area (TPSA) is 69.0 Å². The van der Waals surface area contributed by atoms with Crippen molar-refractivity contribution in [1.29, 1.82) is 0 Å². The number of carbonyl (C=O) groups excluding carboxylic acids is 1. The van der Waals surface area contributed by atoms with Crippen LogP contribution in [0.5, 0.6) is 5.75 Å². The van der Waals surface area contributed by atoms with E-state index in [-0.39, 0.29) is 5.91 Å². The molecule has 1 amide bonds. The Hall–Kier alpha value is -4.10. The van der Waals surface area contributed by atoms with E-state index in [1.165, 1.54) is 5.56 Å². The molecule has 37 heavy (non-hydrogen) atoms. The van der Waals surface area contributed by atoms with Crippen LogP contribution in [0.25, 0.3) is 11.0 Å². The maximum absolute atomic E-state index is 12.5. The SMILES string of the molecule is COc1ccc(Cn2c(SCc3ccc(C(=O)NCCc4ccccc4)cc3)nc3ccncc32)cc1. The van der Waals surface area contributed by atoms with Crippen LogP contribution in [0.3, 0.4) is 0 Å². The summed E-state index contributed by atoms with van der Waals surface area (Å²) in [5, 5.41) is 3.94. The minimum atomic E-state index is -0.0519. The fraction of sp³-hybridized carbons (Fsp3) is 0.167. The molecule has 6 nitrogen and oxygen atoms in total. The van der Waals surface area contributed by atoms with Crippen molar-refractivity contribution in [3.8, 4) is 5.75 Å². The zero-order valence-electron chi connectivity index (χ0n) is 20.6. The van der Waals surface area contributed by atoms with E-state index in [9.17, 15) is 4.79 Å². The van der Waals surface area contributed by atoms with Crippen molar-refractivity contribution in [3.05, 3.63) is 120 Å². The highest BCUT2D eigenvalue weighted by Gasteiger charge is 2.13. The second-order valence-electron chi connectivity index (χ2n) is 8.67. The first-order chi connectivity index (χ1) is 18.2. The van der Waals surface area contributed by atoms with Gasteiger partial charge in [0, 0.05) is 24.1 Å². The Morgan fingerprint density at radius 3 is 2.43 bits per heavy atom. The molecule has 186 valence electrons. The molecule has 0 atom stereocenters. The number of amides is 1. The zero-order chi connectivity index (χ0) is 25.5. The molecule has 0 radical (unpaired) electrons.